The normalized spacial score (nSPS) is 14.3. The van der Waals surface area contributed by atoms with Crippen LogP contribution in [0.25, 0.3) is 0 Å². The van der Waals surface area contributed by atoms with E-state index in [4.69, 9.17) is 0 Å². The summed E-state index contributed by atoms with van der Waals surface area (Å²) in [7, 11) is 0. The van der Waals surface area contributed by atoms with Gasteiger partial charge >= 0.3 is 46.5 Å². The molecule has 0 saturated carbocycles. The molecule has 0 rings (SSSR count). The van der Waals surface area contributed by atoms with E-state index >= 15 is 0 Å². The minimum atomic E-state index is 0.324. The maximum atomic E-state index is 4.65. The summed E-state index contributed by atoms with van der Waals surface area (Å²) in [5.74, 6) is 0. The van der Waals surface area contributed by atoms with Crippen LogP contribution >= 0.6 is 0 Å². The molecule has 0 N–H and O–H groups in total. The predicted octanol–water partition coefficient (Wildman–Crippen LogP) is 1.26. The molecule has 0 fully saturated rings. The Labute approximate surface area is 47.2 Å². The molecule has 2 heteroatoms. The number of hydrogen-bond donors (Lipinski definition) is 0. The van der Waals surface area contributed by atoms with Crippen LogP contribution in [0.5, 0.6) is 0 Å². The summed E-state index contributed by atoms with van der Waals surface area (Å²) in [6.07, 6.45) is 1.37. The van der Waals surface area contributed by atoms with Gasteiger partial charge in [-0.2, -0.15) is 0 Å². The van der Waals surface area contributed by atoms with Gasteiger partial charge in [-0.15, -0.1) is 0 Å². The van der Waals surface area contributed by atoms with Crippen LogP contribution in [0.4, 0.5) is 0 Å². The number of rotatable bonds is 2. The molecule has 0 spiro atoms. The van der Waals surface area contributed by atoms with Crippen molar-refractivity contribution in [3.63, 3.8) is 0 Å². The molecule has 1 atom stereocenters. The Bertz CT molecular complexity index is 26.7. The van der Waals surface area contributed by atoms with Crippen molar-refractivity contribution in [1.82, 2.24) is 0 Å². The molecule has 0 aliphatic rings. The van der Waals surface area contributed by atoms with E-state index in [1.54, 1.807) is 0 Å². The topological polar surface area (TPSA) is 9.23 Å². The van der Waals surface area contributed by atoms with Gasteiger partial charge < -0.3 is 0 Å². The molecule has 6 heavy (non-hydrogen) atoms. The molecule has 0 amide bonds. The summed E-state index contributed by atoms with van der Waals surface area (Å²) in [5.41, 5.74) is 0. The minimum absolute atomic E-state index is 0.324. The van der Waals surface area contributed by atoms with E-state index in [0.717, 1.165) is 6.42 Å². The standard InChI is InChI=1S/C4H9O.Fe/c1-3-4(2)5;/h4H,3H2,1-2H3;/q-1;+3. The summed E-state index contributed by atoms with van der Waals surface area (Å²) in [4.78, 5) is 0. The predicted molar refractivity (Wildman–Crippen MR) is 20.8 cm³/mol. The quantitative estimate of drug-likeness (QED) is 0.510. The summed E-state index contributed by atoms with van der Waals surface area (Å²) < 4.78 is 4.65. The Balaban J connectivity index is 2.75. The molecular formula is C4H9FeO+2. The first-order valence-electron chi connectivity index (χ1n) is 2.07. The van der Waals surface area contributed by atoms with Crippen LogP contribution in [0.1, 0.15) is 20.3 Å². The molecule has 1 nitrogen and oxygen atoms in total. The average Bonchev–Trinajstić information content (AvgIpc) is 1.65. The summed E-state index contributed by atoms with van der Waals surface area (Å²) in [5, 5.41) is 0. The fraction of sp³-hybridized carbons (Fsp3) is 1.00. The monoisotopic (exact) mass is 129 g/mol. The molecule has 0 aromatic heterocycles. The average molecular weight is 129 g/mol. The zero-order chi connectivity index (χ0) is 4.99. The first kappa shape index (κ1) is 6.48. The van der Waals surface area contributed by atoms with Gasteiger partial charge in [-0.05, 0) is 0 Å². The van der Waals surface area contributed by atoms with Gasteiger partial charge in [-0.1, -0.05) is 0 Å². The van der Waals surface area contributed by atoms with Gasteiger partial charge in [0.15, 0.2) is 0 Å². The SMILES string of the molecule is CCC(C)[O][Fe+2]. The summed E-state index contributed by atoms with van der Waals surface area (Å²) >= 11 is 3.26. The molecular weight excluding hydrogens is 120 g/mol. The third kappa shape index (κ3) is 2.70. The van der Waals surface area contributed by atoms with Crippen molar-refractivity contribution in [2.45, 2.75) is 26.4 Å². The van der Waals surface area contributed by atoms with E-state index in [1.165, 1.54) is 0 Å². The fourth-order valence-corrected chi connectivity index (χ4v) is 0.243. The van der Waals surface area contributed by atoms with Gasteiger partial charge in [0.1, 0.15) is 0 Å². The van der Waals surface area contributed by atoms with Crippen molar-refractivity contribution in [1.29, 1.82) is 0 Å². The molecule has 1 unspecified atom stereocenters. The zero-order valence-corrected chi connectivity index (χ0v) is 5.15. The Hall–Kier alpha value is 0.479. The van der Waals surface area contributed by atoms with E-state index in [2.05, 4.69) is 27.1 Å². The van der Waals surface area contributed by atoms with Crippen molar-refractivity contribution < 1.29 is 20.2 Å². The van der Waals surface area contributed by atoms with E-state index in [1.807, 2.05) is 6.92 Å². The molecule has 0 aliphatic heterocycles. The Morgan fingerprint density at radius 2 is 2.33 bits per heavy atom. The first-order valence-corrected chi connectivity index (χ1v) is 2.52. The second-order valence-electron chi connectivity index (χ2n) is 1.30. The van der Waals surface area contributed by atoms with Gasteiger partial charge in [0.05, 0.1) is 0 Å². The molecule has 37 valence electrons. The van der Waals surface area contributed by atoms with Crippen molar-refractivity contribution in [3.05, 3.63) is 0 Å². The fourth-order valence-electron chi connectivity index (χ4n) is 0.0589. The molecule has 0 heterocycles. The number of hydrogen-bond acceptors (Lipinski definition) is 1. The van der Waals surface area contributed by atoms with Crippen molar-refractivity contribution in [2.75, 3.05) is 0 Å². The van der Waals surface area contributed by atoms with Crippen LogP contribution < -0.4 is 0 Å². The van der Waals surface area contributed by atoms with E-state index in [9.17, 15) is 0 Å². The van der Waals surface area contributed by atoms with Crippen LogP contribution in [-0.2, 0) is 20.2 Å². The van der Waals surface area contributed by atoms with Crippen LogP contribution in [0, 0.1) is 0 Å². The van der Waals surface area contributed by atoms with Crippen molar-refractivity contribution in [2.24, 2.45) is 0 Å². The molecule has 0 aromatic carbocycles. The van der Waals surface area contributed by atoms with Gasteiger partial charge in [-0.3, -0.25) is 0 Å². The van der Waals surface area contributed by atoms with E-state index < -0.39 is 0 Å². The molecule has 0 saturated heterocycles. The van der Waals surface area contributed by atoms with Crippen molar-refractivity contribution >= 4 is 0 Å². The molecule has 0 radical (unpaired) electrons. The summed E-state index contributed by atoms with van der Waals surface area (Å²) in [6.45, 7) is 4.06. The second-order valence-corrected chi connectivity index (χ2v) is 1.56. The van der Waals surface area contributed by atoms with Gasteiger partial charge in [0.25, 0.3) is 0 Å². The third-order valence-electron chi connectivity index (χ3n) is 0.717. The van der Waals surface area contributed by atoms with E-state index in [0.29, 0.717) is 6.10 Å². The molecule has 0 aromatic rings. The zero-order valence-electron chi connectivity index (χ0n) is 4.05. The second kappa shape index (κ2) is 3.66. The van der Waals surface area contributed by atoms with Crippen molar-refractivity contribution in [3.8, 4) is 0 Å². The molecule has 0 bridgehead atoms. The third-order valence-corrected chi connectivity index (χ3v) is 1.16. The Morgan fingerprint density at radius 1 is 1.83 bits per heavy atom. The van der Waals surface area contributed by atoms with Crippen LogP contribution in [0.2, 0.25) is 0 Å². The van der Waals surface area contributed by atoms with Crippen LogP contribution in [-0.4, -0.2) is 6.10 Å². The van der Waals surface area contributed by atoms with Gasteiger partial charge in [-0.25, -0.2) is 0 Å². The molecule has 0 aliphatic carbocycles. The van der Waals surface area contributed by atoms with E-state index in [-0.39, 0.29) is 0 Å². The van der Waals surface area contributed by atoms with Gasteiger partial charge in [0.2, 0.25) is 0 Å². The van der Waals surface area contributed by atoms with Gasteiger partial charge in [0, 0.05) is 0 Å². The summed E-state index contributed by atoms with van der Waals surface area (Å²) in [6, 6.07) is 0. The Kier molecular flexibility index (Phi) is 3.95. The first-order chi connectivity index (χ1) is 2.81. The van der Waals surface area contributed by atoms with Crippen LogP contribution in [0.15, 0.2) is 0 Å². The Morgan fingerprint density at radius 3 is 2.33 bits per heavy atom. The van der Waals surface area contributed by atoms with Crippen LogP contribution in [0.3, 0.4) is 0 Å². The maximum absolute atomic E-state index is 4.65.